The number of aromatic nitrogens is 1. The van der Waals surface area contributed by atoms with Crippen molar-refractivity contribution in [2.24, 2.45) is 5.92 Å². The Morgan fingerprint density at radius 1 is 0.841 bits per heavy atom. The quantitative estimate of drug-likeness (QED) is 0.0577. The molecule has 63 heavy (non-hydrogen) atoms. The molecule has 0 unspecified atom stereocenters. The van der Waals surface area contributed by atoms with Crippen molar-refractivity contribution in [1.29, 1.82) is 0 Å². The van der Waals surface area contributed by atoms with Crippen LogP contribution in [0.15, 0.2) is 132 Å². The van der Waals surface area contributed by atoms with Crippen LogP contribution >= 0.6 is 0 Å². The number of fused-ring (bicyclic) bond motifs is 4. The monoisotopic (exact) mass is 847 g/mol. The molecule has 6 aromatic rings. The van der Waals surface area contributed by atoms with Crippen LogP contribution in [0.1, 0.15) is 101 Å². The molecule has 3 saturated heterocycles. The average molecular weight is 848 g/mol. The lowest BCUT2D eigenvalue weighted by atomic mass is 9.85. The number of aliphatic hydroxyl groups excluding tert-OH is 1. The molecule has 0 saturated carbocycles. The molecule has 10 nitrogen and oxygen atoms in total. The third-order valence-corrected chi connectivity index (χ3v) is 12.9. The highest BCUT2D eigenvalue weighted by Gasteiger charge is 2.37. The van der Waals surface area contributed by atoms with E-state index in [1.165, 1.54) is 12.1 Å². The van der Waals surface area contributed by atoms with E-state index in [4.69, 9.17) is 9.47 Å². The maximum Gasteiger partial charge on any atom is 0.307 e. The van der Waals surface area contributed by atoms with Crippen LogP contribution in [0.3, 0.4) is 0 Å². The summed E-state index contributed by atoms with van der Waals surface area (Å²) in [6.45, 7) is 6.43. The summed E-state index contributed by atoms with van der Waals surface area (Å²) in [5.41, 5.74) is 6.43. The average Bonchev–Trinajstić information content (AvgIpc) is 3.31. The second kappa shape index (κ2) is 20.3. The highest BCUT2D eigenvalue weighted by Crippen LogP contribution is 2.34. The first-order valence-electron chi connectivity index (χ1n) is 22.3. The van der Waals surface area contributed by atoms with Crippen LogP contribution in [0, 0.1) is 12.8 Å². The lowest BCUT2D eigenvalue weighted by Crippen LogP contribution is -2.52. The Hall–Kier alpha value is -6.23. The van der Waals surface area contributed by atoms with Crippen molar-refractivity contribution in [2.75, 3.05) is 26.2 Å². The first-order valence-corrected chi connectivity index (χ1v) is 22.3. The van der Waals surface area contributed by atoms with Crippen molar-refractivity contribution in [2.45, 2.75) is 83.1 Å². The van der Waals surface area contributed by atoms with E-state index in [1.54, 1.807) is 12.1 Å². The zero-order valence-electron chi connectivity index (χ0n) is 36.0. The molecule has 2 bridgehead atoms. The normalized spacial score (nSPS) is 17.8. The number of benzene rings is 5. The molecular weight excluding hydrogens is 791 g/mol. The molecule has 1 aromatic heterocycles. The molecule has 0 aliphatic carbocycles. The SMILES string of the molecule is Cc1ccccc1CN(CCCCC[C@H](O)c1ccc(O)c2[nH]c(=O)ccc12)C(=O)c1ccc(COc2cccc([C@@H](CC(=O)O[C@H]3CN4CCC3CC4)c3ccccc3)c2)cc1. The number of aromatic hydroxyl groups is 1. The Kier molecular flexibility index (Phi) is 14.0. The number of H-pyrrole nitrogens is 1. The van der Waals surface area contributed by atoms with Gasteiger partial charge in [-0.25, -0.2) is 0 Å². The number of nitrogens with zero attached hydrogens (tertiary/aromatic N) is 2. The molecule has 1 amide bonds. The minimum Gasteiger partial charge on any atom is -0.506 e. The van der Waals surface area contributed by atoms with Gasteiger partial charge >= 0.3 is 5.97 Å². The molecule has 3 atom stereocenters. The van der Waals surface area contributed by atoms with E-state index in [-0.39, 0.29) is 41.6 Å². The number of carbonyl (C=O) groups excluding carboxylic acids is 2. The predicted molar refractivity (Wildman–Crippen MR) is 245 cm³/mol. The van der Waals surface area contributed by atoms with E-state index in [0.29, 0.717) is 59.8 Å². The van der Waals surface area contributed by atoms with Gasteiger partial charge in [-0.05, 0) is 121 Å². The van der Waals surface area contributed by atoms with E-state index in [1.807, 2.05) is 83.8 Å². The molecule has 10 heteroatoms. The number of phenols is 1. The molecule has 4 heterocycles. The molecule has 9 rings (SSSR count). The Labute approximate surface area is 369 Å². The Morgan fingerprint density at radius 3 is 2.37 bits per heavy atom. The summed E-state index contributed by atoms with van der Waals surface area (Å²) >= 11 is 0. The fourth-order valence-corrected chi connectivity index (χ4v) is 9.22. The summed E-state index contributed by atoms with van der Waals surface area (Å²) in [5, 5.41) is 21.9. The molecule has 3 N–H and O–H groups in total. The topological polar surface area (TPSA) is 132 Å². The number of hydrogen-bond acceptors (Lipinski definition) is 8. The molecule has 3 aliphatic rings. The van der Waals surface area contributed by atoms with Crippen LogP contribution < -0.4 is 10.3 Å². The molecule has 0 spiro atoms. The molecule has 3 aliphatic heterocycles. The van der Waals surface area contributed by atoms with Gasteiger partial charge in [0.25, 0.3) is 5.91 Å². The number of phenolic OH excluding ortho intramolecular Hbond substituents is 1. The van der Waals surface area contributed by atoms with Crippen molar-refractivity contribution in [1.82, 2.24) is 14.8 Å². The summed E-state index contributed by atoms with van der Waals surface area (Å²) in [6.07, 6.45) is 4.43. The number of esters is 1. The highest BCUT2D eigenvalue weighted by atomic mass is 16.5. The number of amides is 1. The van der Waals surface area contributed by atoms with Gasteiger partial charge in [-0.2, -0.15) is 0 Å². The Morgan fingerprint density at radius 2 is 1.60 bits per heavy atom. The number of piperidine rings is 3. The van der Waals surface area contributed by atoms with Crippen molar-refractivity contribution in [3.63, 3.8) is 0 Å². The minimum absolute atomic E-state index is 0.0300. The van der Waals surface area contributed by atoms with Crippen molar-refractivity contribution in [3.05, 3.63) is 177 Å². The van der Waals surface area contributed by atoms with Gasteiger partial charge in [-0.15, -0.1) is 0 Å². The van der Waals surface area contributed by atoms with Gasteiger partial charge in [0.15, 0.2) is 0 Å². The number of carbonyl (C=O) groups is 2. The number of nitrogens with one attached hydrogen (secondary N) is 1. The maximum atomic E-state index is 14.1. The van der Waals surface area contributed by atoms with Crippen LogP contribution in [0.2, 0.25) is 0 Å². The van der Waals surface area contributed by atoms with Crippen LogP contribution in [0.4, 0.5) is 0 Å². The maximum absolute atomic E-state index is 14.1. The van der Waals surface area contributed by atoms with E-state index in [9.17, 15) is 24.6 Å². The van der Waals surface area contributed by atoms with Gasteiger partial charge in [0.2, 0.25) is 5.56 Å². The fourth-order valence-electron chi connectivity index (χ4n) is 9.22. The number of aliphatic hydroxyl groups is 1. The standard InChI is InChI=1S/C53H57N3O7/c1-36-11-7-8-14-42(36)33-56(28-9-3-6-17-47(57)44-22-24-48(58)52-45(44)23-25-50(59)54-52)53(61)40-20-18-37(19-21-40)35-62-43-16-10-15-41(31-43)46(38-12-4-2-5-13-38)32-51(60)63-49-34-55-29-26-39(49)27-30-55/h2,4-5,7-8,10-16,18-25,31,39,46-47,49,57-58H,3,6,9,17,26-30,32-35H2,1H3,(H,54,59)/t46-,47-,49-/m0/s1. The van der Waals surface area contributed by atoms with Gasteiger partial charge in [0.1, 0.15) is 24.2 Å². The van der Waals surface area contributed by atoms with E-state index in [0.717, 1.165) is 79.6 Å². The lowest BCUT2D eigenvalue weighted by molar-refractivity contribution is -0.159. The molecular formula is C53H57N3O7. The number of pyridine rings is 1. The Balaban J connectivity index is 0.880. The minimum atomic E-state index is -0.767. The first kappa shape index (κ1) is 43.4. The van der Waals surface area contributed by atoms with Gasteiger partial charge in [-0.1, -0.05) is 97.8 Å². The summed E-state index contributed by atoms with van der Waals surface area (Å²) < 4.78 is 12.4. The summed E-state index contributed by atoms with van der Waals surface area (Å²) in [7, 11) is 0. The van der Waals surface area contributed by atoms with Crippen LogP contribution in [-0.2, 0) is 22.7 Å². The number of aryl methyl sites for hydroxylation is 1. The van der Waals surface area contributed by atoms with Gasteiger partial charge in [0, 0.05) is 42.6 Å². The zero-order chi connectivity index (χ0) is 43.7. The molecule has 5 aromatic carbocycles. The van der Waals surface area contributed by atoms with Gasteiger partial charge in [0.05, 0.1) is 18.0 Å². The highest BCUT2D eigenvalue weighted by molar-refractivity contribution is 5.94. The van der Waals surface area contributed by atoms with Gasteiger partial charge < -0.3 is 29.6 Å². The fraction of sp³-hybridized carbons (Fsp3) is 0.340. The van der Waals surface area contributed by atoms with Crippen molar-refractivity contribution >= 4 is 22.8 Å². The second-order valence-electron chi connectivity index (χ2n) is 17.2. The van der Waals surface area contributed by atoms with Crippen molar-refractivity contribution in [3.8, 4) is 11.5 Å². The van der Waals surface area contributed by atoms with Crippen LogP contribution in [0.5, 0.6) is 11.5 Å². The summed E-state index contributed by atoms with van der Waals surface area (Å²) in [5.74, 6) is 0.716. The summed E-state index contributed by atoms with van der Waals surface area (Å²) in [4.78, 5) is 46.3. The number of aromatic amines is 1. The van der Waals surface area contributed by atoms with Crippen LogP contribution in [0.25, 0.3) is 10.9 Å². The third kappa shape index (κ3) is 10.9. The largest absolute Gasteiger partial charge is 0.506 e. The van der Waals surface area contributed by atoms with E-state index in [2.05, 4.69) is 41.1 Å². The van der Waals surface area contributed by atoms with Gasteiger partial charge in [-0.3, -0.25) is 19.3 Å². The van der Waals surface area contributed by atoms with Crippen molar-refractivity contribution < 1.29 is 29.3 Å². The van der Waals surface area contributed by atoms with E-state index >= 15 is 0 Å². The molecule has 0 radical (unpaired) electrons. The molecule has 326 valence electrons. The number of hydrogen-bond donors (Lipinski definition) is 3. The zero-order valence-corrected chi connectivity index (χ0v) is 36.0. The number of unbranched alkanes of at least 4 members (excludes halogenated alkanes) is 2. The third-order valence-electron chi connectivity index (χ3n) is 12.9. The summed E-state index contributed by atoms with van der Waals surface area (Å²) in [6, 6.07) is 40.0. The molecule has 3 fully saturated rings. The first-order chi connectivity index (χ1) is 30.7. The smallest absolute Gasteiger partial charge is 0.307 e. The number of rotatable bonds is 18. The second-order valence-corrected chi connectivity index (χ2v) is 17.2. The lowest BCUT2D eigenvalue weighted by Gasteiger charge is -2.44. The van der Waals surface area contributed by atoms with E-state index < -0.39 is 6.10 Å². The Bertz CT molecular complexity index is 2550. The van der Waals surface area contributed by atoms with Crippen LogP contribution in [-0.4, -0.2) is 69.2 Å². The predicted octanol–water partition coefficient (Wildman–Crippen LogP) is 9.22. The number of ether oxygens (including phenoxy) is 2.